The van der Waals surface area contributed by atoms with Crippen LogP contribution in [0.2, 0.25) is 5.02 Å². The third-order valence-electron chi connectivity index (χ3n) is 8.62. The van der Waals surface area contributed by atoms with Gasteiger partial charge >= 0.3 is 0 Å². The van der Waals surface area contributed by atoms with Crippen molar-refractivity contribution in [1.82, 2.24) is 5.32 Å². The van der Waals surface area contributed by atoms with Crippen LogP contribution in [0.5, 0.6) is 5.75 Å². The van der Waals surface area contributed by atoms with Gasteiger partial charge in [-0.1, -0.05) is 63.6 Å². The lowest BCUT2D eigenvalue weighted by molar-refractivity contribution is -0.118. The lowest BCUT2D eigenvalue weighted by atomic mass is 9.63. The zero-order valence-corrected chi connectivity index (χ0v) is 25.4. The average Bonchev–Trinajstić information content (AvgIpc) is 3.47. The molecule has 7 nitrogen and oxygen atoms in total. The van der Waals surface area contributed by atoms with E-state index in [1.165, 1.54) is 30.9 Å². The third kappa shape index (κ3) is 5.22. The van der Waals surface area contributed by atoms with Gasteiger partial charge in [0.1, 0.15) is 11.6 Å². The first-order chi connectivity index (χ1) is 19.9. The monoisotopic (exact) mass is 592 g/mol. The molecule has 2 heterocycles. The Labute approximate surface area is 251 Å². The molecule has 9 heteroatoms. The van der Waals surface area contributed by atoms with Crippen molar-refractivity contribution in [3.05, 3.63) is 87.7 Å². The summed E-state index contributed by atoms with van der Waals surface area (Å²) in [6, 6.07) is 15.0. The number of ether oxygens (including phenoxy) is 1. The van der Waals surface area contributed by atoms with Gasteiger partial charge in [-0.05, 0) is 65.3 Å². The molecule has 0 aromatic heterocycles. The summed E-state index contributed by atoms with van der Waals surface area (Å²) in [5.41, 5.74) is 8.99. The molecule has 5 rings (SSSR count). The smallest absolute Gasteiger partial charge is 0.248 e. The van der Waals surface area contributed by atoms with Crippen LogP contribution in [0.25, 0.3) is 0 Å². The Morgan fingerprint density at radius 1 is 1.17 bits per heavy atom. The van der Waals surface area contributed by atoms with Crippen LogP contribution in [0.15, 0.2) is 54.6 Å². The van der Waals surface area contributed by atoms with Gasteiger partial charge in [0.05, 0.1) is 23.9 Å². The maximum Gasteiger partial charge on any atom is 0.248 e. The first kappa shape index (κ1) is 29.9. The number of hydrogen-bond donors (Lipinski definition) is 4. The number of methoxy groups -OCH3 is 1. The average molecular weight is 593 g/mol. The second-order valence-electron chi connectivity index (χ2n) is 12.5. The van der Waals surface area contributed by atoms with Crippen molar-refractivity contribution in [2.45, 2.75) is 64.0 Å². The third-order valence-corrected chi connectivity index (χ3v) is 8.91. The molecule has 1 fully saturated rings. The van der Waals surface area contributed by atoms with Crippen LogP contribution in [0.4, 0.5) is 15.8 Å². The van der Waals surface area contributed by atoms with E-state index in [9.17, 15) is 9.59 Å². The molecular formula is C33H38ClFN4O3. The van der Waals surface area contributed by atoms with Crippen molar-refractivity contribution in [2.24, 2.45) is 11.1 Å². The Bertz CT molecular complexity index is 1540. The maximum absolute atomic E-state index is 16.0. The summed E-state index contributed by atoms with van der Waals surface area (Å²) in [6.45, 7) is 9.14. The van der Waals surface area contributed by atoms with Crippen LogP contribution in [-0.2, 0) is 16.6 Å². The first-order valence-corrected chi connectivity index (χ1v) is 14.6. The number of nitrogens with two attached hydrogens (primary N) is 1. The molecule has 1 spiro atoms. The normalized spacial score (nSPS) is 23.0. The number of carbonyl (C=O) groups is 2. The molecule has 3 aromatic rings. The zero-order chi connectivity index (χ0) is 30.4. The predicted molar refractivity (Wildman–Crippen MR) is 165 cm³/mol. The van der Waals surface area contributed by atoms with E-state index in [4.69, 9.17) is 22.1 Å². The van der Waals surface area contributed by atoms with Gasteiger partial charge < -0.3 is 26.4 Å². The standard InChI is InChI=1S/C33H38ClFN4O3/c1-6-18-10-12-21-24(14-18)37-17-33(21)26(16-32(2,3)4)39-29(27(33)20-8-7-9-22(34)28(20)35)31(41)38-23-13-11-19(30(36)40)15-25(23)42-5/h7-15,26-27,29,37,39H,6,16-17H2,1-5H3,(H2,36,40)(H,38,41)/t26-,27-,29+,33-/m0/s1. The highest BCUT2D eigenvalue weighted by Gasteiger charge is 2.61. The number of hydrogen-bond acceptors (Lipinski definition) is 5. The number of primary amides is 1. The highest BCUT2D eigenvalue weighted by Crippen LogP contribution is 2.56. The Balaban J connectivity index is 1.66. The molecule has 2 amide bonds. The van der Waals surface area contributed by atoms with E-state index >= 15 is 4.39 Å². The largest absolute Gasteiger partial charge is 0.495 e. The Morgan fingerprint density at radius 2 is 1.93 bits per heavy atom. The number of carbonyl (C=O) groups excluding carboxylic acids is 2. The van der Waals surface area contributed by atoms with Crippen LogP contribution in [0.1, 0.15) is 67.1 Å². The highest BCUT2D eigenvalue weighted by atomic mass is 35.5. The quantitative estimate of drug-likeness (QED) is 0.269. The molecule has 5 N–H and O–H groups in total. The van der Waals surface area contributed by atoms with Crippen LogP contribution in [-0.4, -0.2) is 37.6 Å². The van der Waals surface area contributed by atoms with E-state index in [-0.39, 0.29) is 28.0 Å². The van der Waals surface area contributed by atoms with Gasteiger partial charge in [0.2, 0.25) is 11.8 Å². The summed E-state index contributed by atoms with van der Waals surface area (Å²) in [5.74, 6) is -1.78. The van der Waals surface area contributed by atoms with E-state index in [0.29, 0.717) is 23.5 Å². The number of fused-ring (bicyclic) bond motifs is 2. The van der Waals surface area contributed by atoms with Gasteiger partial charge in [-0.15, -0.1) is 0 Å². The minimum atomic E-state index is -0.815. The van der Waals surface area contributed by atoms with E-state index in [2.05, 4.69) is 61.8 Å². The van der Waals surface area contributed by atoms with Gasteiger partial charge in [0, 0.05) is 35.2 Å². The summed E-state index contributed by atoms with van der Waals surface area (Å²) < 4.78 is 21.4. The molecule has 1 saturated heterocycles. The van der Waals surface area contributed by atoms with Gasteiger partial charge in [-0.25, -0.2) is 4.39 Å². The van der Waals surface area contributed by atoms with Crippen molar-refractivity contribution < 1.29 is 18.7 Å². The highest BCUT2D eigenvalue weighted by molar-refractivity contribution is 6.30. The van der Waals surface area contributed by atoms with Gasteiger partial charge in [0.15, 0.2) is 0 Å². The van der Waals surface area contributed by atoms with E-state index < -0.39 is 29.1 Å². The van der Waals surface area contributed by atoms with Crippen LogP contribution in [0, 0.1) is 11.2 Å². The van der Waals surface area contributed by atoms with Crippen LogP contribution >= 0.6 is 11.6 Å². The molecule has 4 atom stereocenters. The molecular weight excluding hydrogens is 555 g/mol. The number of halogens is 2. The minimum absolute atomic E-state index is 0.0114. The fraction of sp³-hybridized carbons (Fsp3) is 0.394. The number of benzene rings is 3. The lowest BCUT2D eigenvalue weighted by Crippen LogP contribution is -2.46. The lowest BCUT2D eigenvalue weighted by Gasteiger charge is -2.39. The van der Waals surface area contributed by atoms with Gasteiger partial charge in [0.25, 0.3) is 0 Å². The van der Waals surface area contributed by atoms with Crippen molar-refractivity contribution in [2.75, 3.05) is 24.3 Å². The molecule has 2 aliphatic rings. The van der Waals surface area contributed by atoms with Gasteiger partial charge in [-0.2, -0.15) is 0 Å². The minimum Gasteiger partial charge on any atom is -0.495 e. The number of anilines is 2. The molecule has 42 heavy (non-hydrogen) atoms. The van der Waals surface area contributed by atoms with Crippen molar-refractivity contribution in [1.29, 1.82) is 0 Å². The number of nitrogens with one attached hydrogen (secondary N) is 3. The van der Waals surface area contributed by atoms with E-state index in [1.807, 2.05) is 0 Å². The van der Waals surface area contributed by atoms with Gasteiger partial charge in [-0.3, -0.25) is 9.59 Å². The number of aryl methyl sites for hydroxylation is 1. The number of amides is 2. The summed E-state index contributed by atoms with van der Waals surface area (Å²) in [7, 11) is 1.45. The summed E-state index contributed by atoms with van der Waals surface area (Å²) in [5, 5.41) is 10.3. The summed E-state index contributed by atoms with van der Waals surface area (Å²) in [6.07, 6.45) is 1.63. The Morgan fingerprint density at radius 3 is 2.60 bits per heavy atom. The molecule has 0 radical (unpaired) electrons. The van der Waals surface area contributed by atoms with Crippen molar-refractivity contribution in [3.63, 3.8) is 0 Å². The summed E-state index contributed by atoms with van der Waals surface area (Å²) >= 11 is 6.34. The molecule has 0 unspecified atom stereocenters. The van der Waals surface area contributed by atoms with Crippen LogP contribution in [0.3, 0.4) is 0 Å². The SMILES string of the molecule is CCc1ccc2c(c1)NC[C@@]21[C@H](CC(C)(C)C)N[C@@H](C(=O)Nc2ccc(C(N)=O)cc2OC)[C@@H]1c1cccc(Cl)c1F. The fourth-order valence-corrected chi connectivity index (χ4v) is 6.90. The number of rotatable bonds is 7. The maximum atomic E-state index is 16.0. The molecule has 222 valence electrons. The first-order valence-electron chi connectivity index (χ1n) is 14.3. The predicted octanol–water partition coefficient (Wildman–Crippen LogP) is 6.01. The second kappa shape index (κ2) is 11.2. The van der Waals surface area contributed by atoms with E-state index in [1.54, 1.807) is 18.2 Å². The Kier molecular flexibility index (Phi) is 7.98. The van der Waals surface area contributed by atoms with Crippen LogP contribution < -0.4 is 26.4 Å². The summed E-state index contributed by atoms with van der Waals surface area (Å²) in [4.78, 5) is 26.0. The molecule has 2 aliphatic heterocycles. The zero-order valence-electron chi connectivity index (χ0n) is 24.6. The topological polar surface area (TPSA) is 105 Å². The molecule has 0 saturated carbocycles. The molecule has 0 bridgehead atoms. The van der Waals surface area contributed by atoms with Crippen molar-refractivity contribution in [3.8, 4) is 5.75 Å². The van der Waals surface area contributed by atoms with E-state index in [0.717, 1.165) is 24.1 Å². The second-order valence-corrected chi connectivity index (χ2v) is 12.9. The molecule has 0 aliphatic carbocycles. The van der Waals surface area contributed by atoms with Crippen molar-refractivity contribution >= 4 is 34.8 Å². The molecule has 3 aromatic carbocycles. The Hall–Kier alpha value is -3.62. The fourth-order valence-electron chi connectivity index (χ4n) is 6.72.